The van der Waals surface area contributed by atoms with Crippen molar-refractivity contribution < 1.29 is 14.3 Å². The molecule has 4 rings (SSSR count). The molecule has 0 atom stereocenters. The molecule has 0 aromatic heterocycles. The third-order valence-corrected chi connectivity index (χ3v) is 4.83. The third-order valence-electron chi connectivity index (χ3n) is 4.83. The zero-order chi connectivity index (χ0) is 21.5. The molecule has 0 aliphatic heterocycles. The number of benzene rings is 4. The van der Waals surface area contributed by atoms with E-state index in [1.165, 1.54) is 0 Å². The number of fused-ring (bicyclic) bond motifs is 1. The first-order chi connectivity index (χ1) is 15.2. The van der Waals surface area contributed by atoms with Gasteiger partial charge in [0.2, 0.25) is 0 Å². The fraction of sp³-hybridized carbons (Fsp3) is 0.0769. The highest BCUT2D eigenvalue weighted by Crippen LogP contribution is 2.21. The number of anilines is 1. The van der Waals surface area contributed by atoms with Gasteiger partial charge in [0.15, 0.2) is 6.61 Å². The number of rotatable bonds is 7. The summed E-state index contributed by atoms with van der Waals surface area (Å²) < 4.78 is 5.64. The molecule has 0 aliphatic carbocycles. The van der Waals surface area contributed by atoms with Gasteiger partial charge in [0.05, 0.1) is 11.3 Å². The predicted molar refractivity (Wildman–Crippen MR) is 122 cm³/mol. The van der Waals surface area contributed by atoms with E-state index in [9.17, 15) is 9.59 Å². The molecule has 2 N–H and O–H groups in total. The van der Waals surface area contributed by atoms with Gasteiger partial charge in [-0.2, -0.15) is 0 Å². The minimum Gasteiger partial charge on any atom is -0.484 e. The van der Waals surface area contributed by atoms with Crippen molar-refractivity contribution in [3.63, 3.8) is 0 Å². The maximum Gasteiger partial charge on any atom is 0.262 e. The monoisotopic (exact) mass is 410 g/mol. The molecule has 0 unspecified atom stereocenters. The van der Waals surface area contributed by atoms with Crippen LogP contribution in [0.1, 0.15) is 15.9 Å². The Morgan fingerprint density at radius 2 is 1.45 bits per heavy atom. The number of ether oxygens (including phenoxy) is 1. The van der Waals surface area contributed by atoms with Gasteiger partial charge >= 0.3 is 0 Å². The number of carbonyl (C=O) groups is 2. The SMILES string of the molecule is O=C(COc1ccc2ccccc2c1)Nc1ccccc1C(=O)NCc1ccccc1. The van der Waals surface area contributed by atoms with Gasteiger partial charge in [0.1, 0.15) is 5.75 Å². The molecule has 0 heterocycles. The lowest BCUT2D eigenvalue weighted by atomic mass is 10.1. The fourth-order valence-corrected chi connectivity index (χ4v) is 3.26. The van der Waals surface area contributed by atoms with Gasteiger partial charge in [-0.25, -0.2) is 0 Å². The van der Waals surface area contributed by atoms with E-state index in [1.807, 2.05) is 72.8 Å². The lowest BCUT2D eigenvalue weighted by Gasteiger charge is -2.12. The summed E-state index contributed by atoms with van der Waals surface area (Å²) in [5, 5.41) is 7.80. The molecule has 0 saturated carbocycles. The largest absolute Gasteiger partial charge is 0.484 e. The Kier molecular flexibility index (Phi) is 6.24. The number of hydrogen-bond acceptors (Lipinski definition) is 3. The van der Waals surface area contributed by atoms with Crippen LogP contribution in [0.2, 0.25) is 0 Å². The third kappa shape index (κ3) is 5.28. The average molecular weight is 410 g/mol. The zero-order valence-corrected chi connectivity index (χ0v) is 16.9. The standard InChI is InChI=1S/C26H22N2O3/c29-25(18-31-22-15-14-20-10-4-5-11-21(20)16-22)28-24-13-7-6-12-23(24)26(30)27-17-19-8-2-1-3-9-19/h1-16H,17-18H2,(H,27,30)(H,28,29). The molecule has 0 aliphatic rings. The smallest absolute Gasteiger partial charge is 0.262 e. The molecule has 0 radical (unpaired) electrons. The number of nitrogens with one attached hydrogen (secondary N) is 2. The highest BCUT2D eigenvalue weighted by molar-refractivity contribution is 6.04. The fourth-order valence-electron chi connectivity index (χ4n) is 3.26. The minimum atomic E-state index is -0.337. The van der Waals surface area contributed by atoms with Crippen LogP contribution < -0.4 is 15.4 Å². The van der Waals surface area contributed by atoms with Gasteiger partial charge in [-0.3, -0.25) is 9.59 Å². The van der Waals surface area contributed by atoms with Crippen LogP contribution in [0.15, 0.2) is 97.1 Å². The first kappa shape index (κ1) is 20.2. The normalized spacial score (nSPS) is 10.5. The molecular weight excluding hydrogens is 388 g/mol. The van der Waals surface area contributed by atoms with E-state index in [4.69, 9.17) is 4.74 Å². The van der Waals surface area contributed by atoms with Crippen molar-refractivity contribution in [1.82, 2.24) is 5.32 Å². The van der Waals surface area contributed by atoms with E-state index in [2.05, 4.69) is 10.6 Å². The van der Waals surface area contributed by atoms with Crippen molar-refractivity contribution in [2.24, 2.45) is 0 Å². The van der Waals surface area contributed by atoms with Crippen molar-refractivity contribution in [3.05, 3.63) is 108 Å². The Balaban J connectivity index is 1.37. The summed E-state index contributed by atoms with van der Waals surface area (Å²) in [5.41, 5.74) is 1.85. The van der Waals surface area contributed by atoms with Crippen LogP contribution in [0.4, 0.5) is 5.69 Å². The quantitative estimate of drug-likeness (QED) is 0.460. The van der Waals surface area contributed by atoms with Crippen LogP contribution in [0.25, 0.3) is 10.8 Å². The van der Waals surface area contributed by atoms with E-state index in [0.717, 1.165) is 16.3 Å². The Hall–Kier alpha value is -4.12. The molecule has 0 fully saturated rings. The topological polar surface area (TPSA) is 67.4 Å². The van der Waals surface area contributed by atoms with Crippen LogP contribution in [0.5, 0.6) is 5.75 Å². The molecule has 4 aromatic carbocycles. The van der Waals surface area contributed by atoms with Crippen molar-refractivity contribution in [2.75, 3.05) is 11.9 Å². The van der Waals surface area contributed by atoms with Gasteiger partial charge in [0.25, 0.3) is 11.8 Å². The van der Waals surface area contributed by atoms with Crippen molar-refractivity contribution in [2.45, 2.75) is 6.54 Å². The molecule has 0 bridgehead atoms. The second kappa shape index (κ2) is 9.59. The van der Waals surface area contributed by atoms with Crippen LogP contribution in [0.3, 0.4) is 0 Å². The maximum atomic E-state index is 12.6. The highest BCUT2D eigenvalue weighted by Gasteiger charge is 2.13. The lowest BCUT2D eigenvalue weighted by molar-refractivity contribution is -0.118. The molecule has 5 heteroatoms. The summed E-state index contributed by atoms with van der Waals surface area (Å²) in [5.74, 6) is 0.0226. The molecule has 0 saturated heterocycles. The number of carbonyl (C=O) groups excluding carboxylic acids is 2. The van der Waals surface area contributed by atoms with Crippen molar-refractivity contribution >= 4 is 28.3 Å². The van der Waals surface area contributed by atoms with E-state index in [0.29, 0.717) is 23.5 Å². The molecule has 0 spiro atoms. The summed E-state index contributed by atoms with van der Waals surface area (Å²) in [7, 11) is 0. The van der Waals surface area contributed by atoms with Crippen LogP contribution in [-0.4, -0.2) is 18.4 Å². The van der Waals surface area contributed by atoms with E-state index >= 15 is 0 Å². The Bertz CT molecular complexity index is 1210. The van der Waals surface area contributed by atoms with Crippen molar-refractivity contribution in [1.29, 1.82) is 0 Å². The summed E-state index contributed by atoms with van der Waals surface area (Å²) in [4.78, 5) is 25.1. The molecule has 5 nitrogen and oxygen atoms in total. The molecule has 31 heavy (non-hydrogen) atoms. The molecule has 2 amide bonds. The highest BCUT2D eigenvalue weighted by atomic mass is 16.5. The molecular formula is C26H22N2O3. The van der Waals surface area contributed by atoms with Crippen LogP contribution in [-0.2, 0) is 11.3 Å². The first-order valence-corrected chi connectivity index (χ1v) is 10.0. The van der Waals surface area contributed by atoms with Gasteiger partial charge in [-0.1, -0.05) is 72.8 Å². The minimum absolute atomic E-state index is 0.154. The Morgan fingerprint density at radius 1 is 0.742 bits per heavy atom. The van der Waals surface area contributed by atoms with E-state index in [-0.39, 0.29) is 18.4 Å². The molecule has 4 aromatic rings. The second-order valence-corrected chi connectivity index (χ2v) is 7.06. The first-order valence-electron chi connectivity index (χ1n) is 10.0. The Morgan fingerprint density at radius 3 is 2.29 bits per heavy atom. The van der Waals surface area contributed by atoms with Gasteiger partial charge in [-0.15, -0.1) is 0 Å². The van der Waals surface area contributed by atoms with Crippen molar-refractivity contribution in [3.8, 4) is 5.75 Å². The summed E-state index contributed by atoms with van der Waals surface area (Å²) >= 11 is 0. The van der Waals surface area contributed by atoms with Gasteiger partial charge in [0, 0.05) is 6.54 Å². The lowest BCUT2D eigenvalue weighted by Crippen LogP contribution is -2.26. The summed E-state index contributed by atoms with van der Waals surface area (Å²) in [6.07, 6.45) is 0. The number of para-hydroxylation sites is 1. The van der Waals surface area contributed by atoms with Gasteiger partial charge < -0.3 is 15.4 Å². The predicted octanol–water partition coefficient (Wildman–Crippen LogP) is 4.79. The van der Waals surface area contributed by atoms with E-state index in [1.54, 1.807) is 24.3 Å². The van der Waals surface area contributed by atoms with Crippen LogP contribution in [0, 0.1) is 0 Å². The van der Waals surface area contributed by atoms with Crippen LogP contribution >= 0.6 is 0 Å². The average Bonchev–Trinajstić information content (AvgIpc) is 2.82. The summed E-state index contributed by atoms with van der Waals surface area (Å²) in [6, 6.07) is 30.2. The summed E-state index contributed by atoms with van der Waals surface area (Å²) in [6.45, 7) is 0.255. The maximum absolute atomic E-state index is 12.6. The van der Waals surface area contributed by atoms with Gasteiger partial charge in [-0.05, 0) is 40.6 Å². The number of hydrogen-bond donors (Lipinski definition) is 2. The Labute approximate surface area is 180 Å². The molecule has 154 valence electrons. The second-order valence-electron chi connectivity index (χ2n) is 7.06. The zero-order valence-electron chi connectivity index (χ0n) is 16.9. The van der Waals surface area contributed by atoms with E-state index < -0.39 is 0 Å². The number of amides is 2.